The molecule has 2 saturated carbocycles. The molecule has 0 amide bonds. The van der Waals surface area contributed by atoms with Gasteiger partial charge < -0.3 is 0 Å². The smallest absolute Gasteiger partial charge is 0.0230 e. The highest BCUT2D eigenvalue weighted by Gasteiger charge is 2.26. The van der Waals surface area contributed by atoms with Crippen molar-refractivity contribution in [2.24, 2.45) is 0 Å². The van der Waals surface area contributed by atoms with Gasteiger partial charge in [-0.05, 0) is 56.8 Å². The molecule has 0 N–H and O–H groups in total. The molecule has 0 unspecified atom stereocenters. The molecule has 0 aromatic carbocycles. The zero-order valence-electron chi connectivity index (χ0n) is 5.69. The SMILES string of the molecule is [CH]1C[C]2C[CH]C[C](C1)C2. The first kappa shape index (κ1) is 5.76. The van der Waals surface area contributed by atoms with Crippen LogP contribution in [0, 0.1) is 24.7 Å². The first-order valence-electron chi connectivity index (χ1n) is 3.75. The van der Waals surface area contributed by atoms with E-state index < -0.39 is 0 Å². The normalized spacial score (nSPS) is 30.7. The predicted molar refractivity (Wildman–Crippen MR) is 38.2 cm³/mol. The predicted octanol–water partition coefficient (Wildman–Crippen LogP) is 2.52. The van der Waals surface area contributed by atoms with Gasteiger partial charge in [0, 0.05) is 0 Å². The molecule has 2 rings (SSSR count). The average Bonchev–Trinajstić information content (AvgIpc) is 1.88. The van der Waals surface area contributed by atoms with Crippen molar-refractivity contribution in [3.63, 3.8) is 0 Å². The second kappa shape index (κ2) is 2.32. The summed E-state index contributed by atoms with van der Waals surface area (Å²) in [6.07, 6.45) is 11.4. The van der Waals surface area contributed by atoms with Gasteiger partial charge in [0.15, 0.2) is 0 Å². The molecular weight excluding hydrogens is 108 g/mol. The van der Waals surface area contributed by atoms with Crippen LogP contribution < -0.4 is 0 Å². The van der Waals surface area contributed by atoms with Crippen LogP contribution >= 0.6 is 0 Å². The molecule has 48 valence electrons. The van der Waals surface area contributed by atoms with Crippen molar-refractivity contribution in [3.8, 4) is 0 Å². The molecule has 0 aliphatic heterocycles. The third-order valence-electron chi connectivity index (χ3n) is 2.23. The number of hydrogen-bond donors (Lipinski definition) is 0. The van der Waals surface area contributed by atoms with Gasteiger partial charge in [0.1, 0.15) is 0 Å². The first-order valence-corrected chi connectivity index (χ1v) is 3.75. The van der Waals surface area contributed by atoms with Gasteiger partial charge in [-0.25, -0.2) is 0 Å². The topological polar surface area (TPSA) is 0 Å². The van der Waals surface area contributed by atoms with Crippen LogP contribution in [0.2, 0.25) is 0 Å². The van der Waals surface area contributed by atoms with Crippen LogP contribution in [0.1, 0.15) is 32.1 Å². The Balaban J connectivity index is 1.96. The third-order valence-corrected chi connectivity index (χ3v) is 2.23. The van der Waals surface area contributed by atoms with E-state index in [4.69, 9.17) is 0 Å². The molecule has 2 aliphatic rings. The van der Waals surface area contributed by atoms with E-state index in [0.717, 1.165) is 0 Å². The van der Waals surface area contributed by atoms with E-state index in [9.17, 15) is 0 Å². The lowest BCUT2D eigenvalue weighted by Crippen LogP contribution is -2.17. The van der Waals surface area contributed by atoms with Crippen molar-refractivity contribution in [1.29, 1.82) is 0 Å². The van der Waals surface area contributed by atoms with Crippen molar-refractivity contribution in [1.82, 2.24) is 0 Å². The average molecular weight is 120 g/mol. The highest BCUT2D eigenvalue weighted by Crippen LogP contribution is 2.41. The summed E-state index contributed by atoms with van der Waals surface area (Å²) in [4.78, 5) is 0. The van der Waals surface area contributed by atoms with E-state index in [0.29, 0.717) is 0 Å². The fourth-order valence-electron chi connectivity index (χ4n) is 1.77. The molecule has 2 aliphatic carbocycles. The quantitative estimate of drug-likeness (QED) is 0.461. The Bertz CT molecular complexity index is 76.2. The number of fused-ring (bicyclic) bond motifs is 2. The molecule has 0 aromatic heterocycles. The maximum absolute atomic E-state index is 2.42. The zero-order valence-corrected chi connectivity index (χ0v) is 5.69. The lowest BCUT2D eigenvalue weighted by Gasteiger charge is -2.32. The summed E-state index contributed by atoms with van der Waals surface area (Å²) >= 11 is 0. The van der Waals surface area contributed by atoms with E-state index in [2.05, 4.69) is 12.8 Å². The highest BCUT2D eigenvalue weighted by atomic mass is 14.3. The van der Waals surface area contributed by atoms with Gasteiger partial charge in [-0.3, -0.25) is 0 Å². The van der Waals surface area contributed by atoms with Crippen LogP contribution in [0.25, 0.3) is 0 Å². The van der Waals surface area contributed by atoms with Crippen LogP contribution in [-0.4, -0.2) is 0 Å². The van der Waals surface area contributed by atoms with Crippen molar-refractivity contribution >= 4 is 0 Å². The van der Waals surface area contributed by atoms with Gasteiger partial charge in [-0.2, -0.15) is 0 Å². The fraction of sp³-hybridized carbons (Fsp3) is 0.556. The van der Waals surface area contributed by atoms with Gasteiger partial charge in [0.2, 0.25) is 0 Å². The van der Waals surface area contributed by atoms with Crippen molar-refractivity contribution in [2.45, 2.75) is 32.1 Å². The molecule has 9 heavy (non-hydrogen) atoms. The number of hydrogen-bond acceptors (Lipinski definition) is 0. The maximum Gasteiger partial charge on any atom is -0.0230 e. The fourth-order valence-corrected chi connectivity index (χ4v) is 1.77. The maximum atomic E-state index is 2.42. The highest BCUT2D eigenvalue weighted by molar-refractivity contribution is 5.20. The molecule has 0 saturated heterocycles. The van der Waals surface area contributed by atoms with E-state index >= 15 is 0 Å². The summed E-state index contributed by atoms with van der Waals surface area (Å²) in [5.41, 5.74) is 0. The van der Waals surface area contributed by atoms with Crippen molar-refractivity contribution in [2.75, 3.05) is 0 Å². The Morgan fingerprint density at radius 1 is 0.778 bits per heavy atom. The Morgan fingerprint density at radius 3 is 1.56 bits per heavy atom. The molecule has 0 heteroatoms. The van der Waals surface area contributed by atoms with Crippen molar-refractivity contribution < 1.29 is 0 Å². The standard InChI is InChI=1S/C9H12/c1-3-8-5-2-6-9(4-1)7-8/h1-2H,3-7H2. The largest absolute Gasteiger partial charge is 0.0439 e. The Labute approximate surface area is 57.6 Å². The van der Waals surface area contributed by atoms with E-state index in [1.165, 1.54) is 32.1 Å². The van der Waals surface area contributed by atoms with Crippen molar-refractivity contribution in [3.05, 3.63) is 24.7 Å². The van der Waals surface area contributed by atoms with Gasteiger partial charge >= 0.3 is 0 Å². The number of rotatable bonds is 0. The molecule has 4 radical (unpaired) electrons. The third kappa shape index (κ3) is 1.12. The minimum absolute atomic E-state index is 1.29. The summed E-state index contributed by atoms with van der Waals surface area (Å²) in [5.74, 6) is 3.48. The van der Waals surface area contributed by atoms with Crippen LogP contribution in [0.5, 0.6) is 0 Å². The molecule has 0 spiro atoms. The summed E-state index contributed by atoms with van der Waals surface area (Å²) in [6.45, 7) is 0. The van der Waals surface area contributed by atoms with E-state index in [1.54, 1.807) is 11.8 Å². The molecule has 0 heterocycles. The van der Waals surface area contributed by atoms with Gasteiger partial charge in [0.05, 0.1) is 0 Å². The monoisotopic (exact) mass is 120 g/mol. The summed E-state index contributed by atoms with van der Waals surface area (Å²) in [7, 11) is 0. The zero-order chi connectivity index (χ0) is 6.10. The van der Waals surface area contributed by atoms with Gasteiger partial charge in [-0.1, -0.05) is 0 Å². The molecule has 2 fully saturated rings. The first-order chi connectivity index (χ1) is 4.45. The molecular formula is C9H12. The van der Waals surface area contributed by atoms with Crippen LogP contribution in [0.3, 0.4) is 0 Å². The van der Waals surface area contributed by atoms with E-state index in [1.807, 2.05) is 0 Å². The van der Waals surface area contributed by atoms with Crippen LogP contribution in [0.4, 0.5) is 0 Å². The van der Waals surface area contributed by atoms with Crippen LogP contribution in [0.15, 0.2) is 0 Å². The summed E-state index contributed by atoms with van der Waals surface area (Å²) < 4.78 is 0. The second-order valence-electron chi connectivity index (χ2n) is 3.07. The van der Waals surface area contributed by atoms with Gasteiger partial charge in [-0.15, -0.1) is 0 Å². The Kier molecular flexibility index (Phi) is 1.48. The van der Waals surface area contributed by atoms with Crippen LogP contribution in [-0.2, 0) is 0 Å². The molecule has 0 nitrogen and oxygen atoms in total. The molecule has 0 aromatic rings. The lowest BCUT2D eigenvalue weighted by molar-refractivity contribution is 0.556. The summed E-state index contributed by atoms with van der Waals surface area (Å²) in [5, 5.41) is 0. The minimum Gasteiger partial charge on any atom is -0.0439 e. The Hall–Kier alpha value is 0. The lowest BCUT2D eigenvalue weighted by atomic mass is 9.72. The van der Waals surface area contributed by atoms with E-state index in [-0.39, 0.29) is 0 Å². The summed E-state index contributed by atoms with van der Waals surface area (Å²) in [6, 6.07) is 0. The minimum atomic E-state index is 1.29. The molecule has 2 bridgehead atoms. The second-order valence-corrected chi connectivity index (χ2v) is 3.07. The Morgan fingerprint density at radius 2 is 1.22 bits per heavy atom. The van der Waals surface area contributed by atoms with Gasteiger partial charge in [0.25, 0.3) is 0 Å². The molecule has 0 atom stereocenters.